The number of carboxylic acids is 1. The number of aromatic nitrogens is 2. The largest absolute Gasteiger partial charge is 0.477 e. The Balaban J connectivity index is 2.52. The zero-order chi connectivity index (χ0) is 13.8. The van der Waals surface area contributed by atoms with Crippen LogP contribution in [0.4, 0.5) is 5.82 Å². The normalized spacial score (nSPS) is 10.4. The van der Waals surface area contributed by atoms with Crippen molar-refractivity contribution in [2.24, 2.45) is 0 Å². The van der Waals surface area contributed by atoms with E-state index < -0.39 is 5.97 Å². The lowest BCUT2D eigenvalue weighted by atomic mass is 10.2. The topological polar surface area (TPSA) is 79.5 Å². The maximum absolute atomic E-state index is 11.2. The lowest BCUT2D eigenvalue weighted by Crippen LogP contribution is -2.26. The first-order chi connectivity index (χ1) is 9.17. The van der Waals surface area contributed by atoms with Crippen molar-refractivity contribution in [3.8, 4) is 11.6 Å². The summed E-state index contributed by atoms with van der Waals surface area (Å²) in [5.41, 5.74) is 0.0963. The van der Waals surface area contributed by atoms with E-state index in [9.17, 15) is 9.90 Å². The van der Waals surface area contributed by atoms with E-state index in [4.69, 9.17) is 4.42 Å². The van der Waals surface area contributed by atoms with Crippen molar-refractivity contribution in [2.75, 3.05) is 18.0 Å². The first kappa shape index (κ1) is 13.1. The van der Waals surface area contributed by atoms with E-state index in [1.165, 1.54) is 12.5 Å². The predicted octanol–water partition coefficient (Wildman–Crippen LogP) is 2.28. The molecule has 0 aromatic carbocycles. The SMILES string of the molecule is CCN(CC)c1nc(-c2ccco2)ncc1C(=O)O. The molecule has 0 atom stereocenters. The molecule has 6 heteroatoms. The van der Waals surface area contributed by atoms with Crippen LogP contribution in [0.25, 0.3) is 11.6 Å². The number of hydrogen-bond acceptors (Lipinski definition) is 5. The van der Waals surface area contributed by atoms with Crippen molar-refractivity contribution in [3.63, 3.8) is 0 Å². The number of carbonyl (C=O) groups is 1. The van der Waals surface area contributed by atoms with Crippen LogP contribution in [0.2, 0.25) is 0 Å². The molecule has 0 saturated heterocycles. The van der Waals surface area contributed by atoms with Gasteiger partial charge < -0.3 is 14.4 Å². The quantitative estimate of drug-likeness (QED) is 0.889. The van der Waals surface area contributed by atoms with Gasteiger partial charge in [0.15, 0.2) is 11.6 Å². The number of carboxylic acid groups (broad SMARTS) is 1. The van der Waals surface area contributed by atoms with Gasteiger partial charge in [-0.15, -0.1) is 0 Å². The summed E-state index contributed by atoms with van der Waals surface area (Å²) in [5, 5.41) is 9.20. The Morgan fingerprint density at radius 3 is 2.68 bits per heavy atom. The lowest BCUT2D eigenvalue weighted by molar-refractivity contribution is 0.0696. The van der Waals surface area contributed by atoms with Crippen molar-refractivity contribution in [2.45, 2.75) is 13.8 Å². The zero-order valence-electron chi connectivity index (χ0n) is 10.8. The highest BCUT2D eigenvalue weighted by Gasteiger charge is 2.18. The number of anilines is 1. The summed E-state index contributed by atoms with van der Waals surface area (Å²) < 4.78 is 5.23. The first-order valence-corrected chi connectivity index (χ1v) is 6.06. The van der Waals surface area contributed by atoms with E-state index in [1.54, 1.807) is 12.1 Å². The molecule has 0 aliphatic carbocycles. The van der Waals surface area contributed by atoms with E-state index in [0.717, 1.165) is 0 Å². The van der Waals surface area contributed by atoms with Gasteiger partial charge in [0.25, 0.3) is 0 Å². The smallest absolute Gasteiger partial charge is 0.341 e. The molecule has 2 aromatic heterocycles. The zero-order valence-corrected chi connectivity index (χ0v) is 10.8. The van der Waals surface area contributed by atoms with Gasteiger partial charge in [-0.3, -0.25) is 0 Å². The second-order valence-corrected chi connectivity index (χ2v) is 3.89. The number of aromatic carboxylic acids is 1. The molecule has 0 amide bonds. The molecule has 0 aliphatic heterocycles. The fraction of sp³-hybridized carbons (Fsp3) is 0.308. The van der Waals surface area contributed by atoms with Crippen molar-refractivity contribution in [1.82, 2.24) is 9.97 Å². The molecule has 0 fully saturated rings. The maximum Gasteiger partial charge on any atom is 0.341 e. The molecule has 0 saturated carbocycles. The first-order valence-electron chi connectivity index (χ1n) is 6.06. The lowest BCUT2D eigenvalue weighted by Gasteiger charge is -2.21. The van der Waals surface area contributed by atoms with Gasteiger partial charge in [0.05, 0.1) is 6.26 Å². The minimum atomic E-state index is -1.03. The van der Waals surface area contributed by atoms with Gasteiger partial charge in [0, 0.05) is 19.3 Å². The Bertz CT molecular complexity index is 563. The Kier molecular flexibility index (Phi) is 3.79. The highest BCUT2D eigenvalue weighted by Crippen LogP contribution is 2.22. The van der Waals surface area contributed by atoms with Gasteiger partial charge in [-0.25, -0.2) is 14.8 Å². The van der Waals surface area contributed by atoms with Crippen LogP contribution in [0.5, 0.6) is 0 Å². The third-order valence-corrected chi connectivity index (χ3v) is 2.80. The summed E-state index contributed by atoms with van der Waals surface area (Å²) in [6, 6.07) is 3.47. The summed E-state index contributed by atoms with van der Waals surface area (Å²) in [6.07, 6.45) is 2.85. The number of nitrogens with zero attached hydrogens (tertiary/aromatic N) is 3. The van der Waals surface area contributed by atoms with Gasteiger partial charge >= 0.3 is 5.97 Å². The van der Waals surface area contributed by atoms with Crippen molar-refractivity contribution in [1.29, 1.82) is 0 Å². The fourth-order valence-electron chi connectivity index (χ4n) is 1.81. The van der Waals surface area contributed by atoms with E-state index in [1.807, 2.05) is 18.7 Å². The molecule has 2 heterocycles. The minimum absolute atomic E-state index is 0.0963. The molecule has 6 nitrogen and oxygen atoms in total. The van der Waals surface area contributed by atoms with E-state index >= 15 is 0 Å². The molecule has 100 valence electrons. The molecule has 1 N–H and O–H groups in total. The molecule has 2 aromatic rings. The standard InChI is InChI=1S/C13H15N3O3/c1-3-16(4-2)12-9(13(17)18)8-14-11(15-12)10-6-5-7-19-10/h5-8H,3-4H2,1-2H3,(H,17,18). The van der Waals surface area contributed by atoms with Gasteiger partial charge in [0.1, 0.15) is 11.4 Å². The molecule has 0 spiro atoms. The molecular weight excluding hydrogens is 246 g/mol. The molecule has 0 radical (unpaired) electrons. The van der Waals surface area contributed by atoms with Gasteiger partial charge in [-0.1, -0.05) is 0 Å². The molecular formula is C13H15N3O3. The fourth-order valence-corrected chi connectivity index (χ4v) is 1.81. The van der Waals surface area contributed by atoms with Crippen molar-refractivity contribution < 1.29 is 14.3 Å². The van der Waals surface area contributed by atoms with Gasteiger partial charge in [0.2, 0.25) is 0 Å². The molecule has 2 rings (SSSR count). The van der Waals surface area contributed by atoms with Gasteiger partial charge in [-0.05, 0) is 26.0 Å². The average molecular weight is 261 g/mol. The third-order valence-electron chi connectivity index (χ3n) is 2.80. The molecule has 19 heavy (non-hydrogen) atoms. The molecule has 0 unspecified atom stereocenters. The molecule has 0 aliphatic rings. The average Bonchev–Trinajstić information content (AvgIpc) is 2.93. The van der Waals surface area contributed by atoms with Crippen molar-refractivity contribution >= 4 is 11.8 Å². The minimum Gasteiger partial charge on any atom is -0.477 e. The Labute approximate surface area is 110 Å². The van der Waals surface area contributed by atoms with Crippen LogP contribution in [0.15, 0.2) is 29.0 Å². The van der Waals surface area contributed by atoms with E-state index in [2.05, 4.69) is 9.97 Å². The third kappa shape index (κ3) is 2.57. The van der Waals surface area contributed by atoms with Crippen LogP contribution in [0.1, 0.15) is 24.2 Å². The Hall–Kier alpha value is -2.37. The summed E-state index contributed by atoms with van der Waals surface area (Å²) in [7, 11) is 0. The van der Waals surface area contributed by atoms with Crippen LogP contribution in [-0.4, -0.2) is 34.1 Å². The monoisotopic (exact) mass is 261 g/mol. The number of rotatable bonds is 5. The van der Waals surface area contributed by atoms with Crippen LogP contribution < -0.4 is 4.90 Å². The summed E-state index contributed by atoms with van der Waals surface area (Å²) in [6.45, 7) is 5.24. The Morgan fingerprint density at radius 2 is 2.16 bits per heavy atom. The van der Waals surface area contributed by atoms with Crippen LogP contribution in [-0.2, 0) is 0 Å². The summed E-state index contributed by atoms with van der Waals surface area (Å²) in [5.74, 6) is 0.286. The predicted molar refractivity (Wildman–Crippen MR) is 70.3 cm³/mol. The van der Waals surface area contributed by atoms with Crippen LogP contribution >= 0.6 is 0 Å². The second kappa shape index (κ2) is 5.51. The van der Waals surface area contributed by atoms with Crippen molar-refractivity contribution in [3.05, 3.63) is 30.2 Å². The van der Waals surface area contributed by atoms with Gasteiger partial charge in [-0.2, -0.15) is 0 Å². The molecule has 0 bridgehead atoms. The highest BCUT2D eigenvalue weighted by molar-refractivity contribution is 5.93. The maximum atomic E-state index is 11.2. The summed E-state index contributed by atoms with van der Waals surface area (Å²) >= 11 is 0. The van der Waals surface area contributed by atoms with E-state index in [-0.39, 0.29) is 5.56 Å². The van der Waals surface area contributed by atoms with Crippen LogP contribution in [0, 0.1) is 0 Å². The Morgan fingerprint density at radius 1 is 1.42 bits per heavy atom. The number of hydrogen-bond donors (Lipinski definition) is 1. The summed E-state index contributed by atoms with van der Waals surface area (Å²) in [4.78, 5) is 21.5. The van der Waals surface area contributed by atoms with E-state index in [0.29, 0.717) is 30.5 Å². The number of furan rings is 1. The van der Waals surface area contributed by atoms with Crippen LogP contribution in [0.3, 0.4) is 0 Å². The second-order valence-electron chi connectivity index (χ2n) is 3.89. The highest BCUT2D eigenvalue weighted by atomic mass is 16.4.